The van der Waals surface area contributed by atoms with E-state index in [1.54, 1.807) is 31.4 Å². The average molecular weight is 368 g/mol. The number of rotatable bonds is 10. The van der Waals surface area contributed by atoms with Crippen molar-refractivity contribution in [1.82, 2.24) is 15.5 Å². The van der Waals surface area contributed by atoms with E-state index in [2.05, 4.69) is 15.5 Å². The lowest BCUT2D eigenvalue weighted by Gasteiger charge is -2.18. The van der Waals surface area contributed by atoms with Crippen molar-refractivity contribution in [3.63, 3.8) is 0 Å². The molecule has 2 N–H and O–H groups in total. The molecule has 1 heterocycles. The molecule has 136 valence electrons. The van der Waals surface area contributed by atoms with E-state index < -0.39 is 6.10 Å². The Balaban J connectivity index is 1.66. The predicted molar refractivity (Wildman–Crippen MR) is 94.5 cm³/mol. The van der Waals surface area contributed by atoms with Crippen LogP contribution in [0.4, 0.5) is 0 Å². The lowest BCUT2D eigenvalue weighted by Crippen LogP contribution is -2.39. The second kappa shape index (κ2) is 10.0. The Morgan fingerprint density at radius 1 is 1.08 bits per heavy atom. The van der Waals surface area contributed by atoms with Gasteiger partial charge in [-0.15, -0.1) is 10.2 Å². The largest absolute Gasteiger partial charge is 0.493 e. The minimum Gasteiger partial charge on any atom is -0.493 e. The second-order valence-electron chi connectivity index (χ2n) is 5.43. The van der Waals surface area contributed by atoms with Crippen LogP contribution in [0.15, 0.2) is 36.4 Å². The SMILES string of the molecule is COc1ccccc1OCC(O)CNC(C)COc1ccc(Cl)nn1. The normalized spacial score (nSPS) is 13.1. The Morgan fingerprint density at radius 3 is 2.52 bits per heavy atom. The molecular formula is C17H22ClN3O4. The predicted octanol–water partition coefficient (Wildman–Crippen LogP) is 1.94. The Hall–Kier alpha value is -2.09. The van der Waals surface area contributed by atoms with Crippen LogP contribution in [-0.4, -0.2) is 54.3 Å². The van der Waals surface area contributed by atoms with Crippen molar-refractivity contribution in [3.05, 3.63) is 41.6 Å². The third-order valence-corrected chi connectivity index (χ3v) is 3.49. The fourth-order valence-electron chi connectivity index (χ4n) is 1.97. The van der Waals surface area contributed by atoms with Gasteiger partial charge in [-0.3, -0.25) is 0 Å². The summed E-state index contributed by atoms with van der Waals surface area (Å²) >= 11 is 5.66. The monoisotopic (exact) mass is 367 g/mol. The highest BCUT2D eigenvalue weighted by Crippen LogP contribution is 2.25. The van der Waals surface area contributed by atoms with Gasteiger partial charge < -0.3 is 24.6 Å². The number of aromatic nitrogens is 2. The van der Waals surface area contributed by atoms with Crippen LogP contribution in [0.1, 0.15) is 6.92 Å². The highest BCUT2D eigenvalue weighted by atomic mass is 35.5. The van der Waals surface area contributed by atoms with Crippen LogP contribution >= 0.6 is 11.6 Å². The smallest absolute Gasteiger partial charge is 0.233 e. The number of aliphatic hydroxyl groups is 1. The minimum absolute atomic E-state index is 0.0124. The first-order valence-electron chi connectivity index (χ1n) is 7.87. The molecule has 0 radical (unpaired) electrons. The van der Waals surface area contributed by atoms with Gasteiger partial charge in [0.2, 0.25) is 5.88 Å². The Kier molecular flexibility index (Phi) is 7.72. The molecule has 2 atom stereocenters. The van der Waals surface area contributed by atoms with Crippen molar-refractivity contribution < 1.29 is 19.3 Å². The average Bonchev–Trinajstić information content (AvgIpc) is 2.64. The summed E-state index contributed by atoms with van der Waals surface area (Å²) in [6, 6.07) is 10.6. The van der Waals surface area contributed by atoms with E-state index in [0.29, 0.717) is 35.7 Å². The number of hydrogen-bond donors (Lipinski definition) is 2. The molecule has 0 saturated carbocycles. The maximum atomic E-state index is 10.0. The van der Waals surface area contributed by atoms with Gasteiger partial charge in [0.15, 0.2) is 16.7 Å². The van der Waals surface area contributed by atoms with Crippen molar-refractivity contribution in [1.29, 1.82) is 0 Å². The maximum absolute atomic E-state index is 10.0. The Morgan fingerprint density at radius 2 is 1.84 bits per heavy atom. The van der Waals surface area contributed by atoms with Gasteiger partial charge >= 0.3 is 0 Å². The number of hydrogen-bond acceptors (Lipinski definition) is 7. The van der Waals surface area contributed by atoms with Crippen LogP contribution in [0, 0.1) is 0 Å². The molecule has 2 unspecified atom stereocenters. The molecule has 2 rings (SSSR count). The molecule has 0 fully saturated rings. The van der Waals surface area contributed by atoms with Crippen molar-refractivity contribution in [2.24, 2.45) is 0 Å². The molecule has 0 bridgehead atoms. The van der Waals surface area contributed by atoms with Crippen molar-refractivity contribution in [2.45, 2.75) is 19.1 Å². The van der Waals surface area contributed by atoms with E-state index in [1.807, 2.05) is 19.1 Å². The summed E-state index contributed by atoms with van der Waals surface area (Å²) < 4.78 is 16.3. The van der Waals surface area contributed by atoms with Gasteiger partial charge in [0, 0.05) is 18.7 Å². The molecule has 8 heteroatoms. The van der Waals surface area contributed by atoms with E-state index in [4.69, 9.17) is 25.8 Å². The van der Waals surface area contributed by atoms with Crippen molar-refractivity contribution in [3.8, 4) is 17.4 Å². The van der Waals surface area contributed by atoms with Crippen molar-refractivity contribution in [2.75, 3.05) is 26.9 Å². The number of ether oxygens (including phenoxy) is 3. The summed E-state index contributed by atoms with van der Waals surface area (Å²) in [6.45, 7) is 2.85. The zero-order valence-electron chi connectivity index (χ0n) is 14.2. The summed E-state index contributed by atoms with van der Waals surface area (Å²) in [5.74, 6) is 1.63. The number of benzene rings is 1. The first kappa shape index (κ1) is 19.2. The second-order valence-corrected chi connectivity index (χ2v) is 5.82. The van der Waals surface area contributed by atoms with Crippen LogP contribution in [0.25, 0.3) is 0 Å². The lowest BCUT2D eigenvalue weighted by atomic mass is 10.3. The topological polar surface area (TPSA) is 85.7 Å². The molecular weight excluding hydrogens is 346 g/mol. The number of para-hydroxylation sites is 2. The summed E-state index contributed by atoms with van der Waals surface area (Å²) in [6.07, 6.45) is -0.664. The molecule has 0 saturated heterocycles. The van der Waals surface area contributed by atoms with Gasteiger partial charge in [-0.2, -0.15) is 0 Å². The number of aliphatic hydroxyl groups excluding tert-OH is 1. The van der Waals surface area contributed by atoms with E-state index in [-0.39, 0.29) is 12.6 Å². The van der Waals surface area contributed by atoms with Crippen LogP contribution in [0.2, 0.25) is 5.15 Å². The van der Waals surface area contributed by atoms with Crippen molar-refractivity contribution >= 4 is 11.6 Å². The van der Waals surface area contributed by atoms with Gasteiger partial charge in [0.05, 0.1) is 7.11 Å². The molecule has 2 aromatic rings. The van der Waals surface area contributed by atoms with E-state index in [9.17, 15) is 5.11 Å². The number of halogens is 1. The first-order valence-corrected chi connectivity index (χ1v) is 8.25. The Labute approximate surface area is 151 Å². The van der Waals surface area contributed by atoms with E-state index >= 15 is 0 Å². The van der Waals surface area contributed by atoms with E-state index in [0.717, 1.165) is 0 Å². The fraction of sp³-hybridized carbons (Fsp3) is 0.412. The van der Waals surface area contributed by atoms with Gasteiger partial charge in [-0.25, -0.2) is 0 Å². The molecule has 0 aliphatic heterocycles. The zero-order valence-corrected chi connectivity index (χ0v) is 14.9. The Bertz CT molecular complexity index is 642. The van der Waals surface area contributed by atoms with Gasteiger partial charge in [0.1, 0.15) is 19.3 Å². The summed E-state index contributed by atoms with van der Waals surface area (Å²) in [5.41, 5.74) is 0. The van der Waals surface area contributed by atoms with Crippen LogP contribution < -0.4 is 19.5 Å². The lowest BCUT2D eigenvalue weighted by molar-refractivity contribution is 0.0998. The molecule has 7 nitrogen and oxygen atoms in total. The molecule has 0 amide bonds. The molecule has 1 aromatic carbocycles. The van der Waals surface area contributed by atoms with Gasteiger partial charge in [-0.1, -0.05) is 23.7 Å². The molecule has 25 heavy (non-hydrogen) atoms. The van der Waals surface area contributed by atoms with E-state index in [1.165, 1.54) is 0 Å². The highest BCUT2D eigenvalue weighted by Gasteiger charge is 2.11. The zero-order chi connectivity index (χ0) is 18.1. The quantitative estimate of drug-likeness (QED) is 0.663. The van der Waals surface area contributed by atoms with Crippen LogP contribution in [0.5, 0.6) is 17.4 Å². The van der Waals surface area contributed by atoms with Gasteiger partial charge in [-0.05, 0) is 25.1 Å². The standard InChI is InChI=1S/C17H22ClN3O4/c1-12(10-25-17-8-7-16(18)20-21-17)19-9-13(22)11-24-15-6-4-3-5-14(15)23-2/h3-8,12-13,19,22H,9-11H2,1-2H3. The summed E-state index contributed by atoms with van der Waals surface area (Å²) in [5, 5.41) is 21.0. The molecule has 1 aromatic heterocycles. The first-order chi connectivity index (χ1) is 12.1. The summed E-state index contributed by atoms with van der Waals surface area (Å²) in [7, 11) is 1.58. The van der Waals surface area contributed by atoms with Gasteiger partial charge in [0.25, 0.3) is 0 Å². The van der Waals surface area contributed by atoms with Crippen LogP contribution in [0.3, 0.4) is 0 Å². The third-order valence-electron chi connectivity index (χ3n) is 3.29. The number of methoxy groups -OCH3 is 1. The minimum atomic E-state index is -0.664. The summed E-state index contributed by atoms with van der Waals surface area (Å²) in [4.78, 5) is 0. The number of nitrogens with zero attached hydrogens (tertiary/aromatic N) is 2. The highest BCUT2D eigenvalue weighted by molar-refractivity contribution is 6.29. The fourth-order valence-corrected chi connectivity index (χ4v) is 2.07. The number of nitrogens with one attached hydrogen (secondary N) is 1. The molecule has 0 spiro atoms. The molecule has 0 aliphatic rings. The van der Waals surface area contributed by atoms with Crippen LogP contribution in [-0.2, 0) is 0 Å². The maximum Gasteiger partial charge on any atom is 0.233 e. The third kappa shape index (κ3) is 6.74. The molecule has 0 aliphatic carbocycles.